The van der Waals surface area contributed by atoms with Gasteiger partial charge >= 0.3 is 0 Å². The summed E-state index contributed by atoms with van der Waals surface area (Å²) in [5.41, 5.74) is 3.98. The van der Waals surface area contributed by atoms with Crippen molar-refractivity contribution in [2.75, 3.05) is 5.32 Å². The van der Waals surface area contributed by atoms with Crippen LogP contribution < -0.4 is 10.6 Å². The van der Waals surface area contributed by atoms with Gasteiger partial charge in [0.2, 0.25) is 0 Å². The van der Waals surface area contributed by atoms with Crippen molar-refractivity contribution >= 4 is 17.5 Å². The molecule has 0 saturated heterocycles. The van der Waals surface area contributed by atoms with Gasteiger partial charge in [-0.3, -0.25) is 9.59 Å². The summed E-state index contributed by atoms with van der Waals surface area (Å²) in [6, 6.07) is 15.1. The summed E-state index contributed by atoms with van der Waals surface area (Å²) in [6.07, 6.45) is 3.83. The predicted octanol–water partition coefficient (Wildman–Crippen LogP) is 3.69. The van der Waals surface area contributed by atoms with Crippen LogP contribution in [0.1, 0.15) is 37.7 Å². The van der Waals surface area contributed by atoms with Gasteiger partial charge in [0, 0.05) is 41.1 Å². The molecule has 2 heterocycles. The lowest BCUT2D eigenvalue weighted by atomic mass is 9.75. The molecule has 1 atom stereocenters. The molecule has 2 aromatic rings. The highest BCUT2D eigenvalue weighted by Crippen LogP contribution is 2.42. The molecule has 0 spiro atoms. The van der Waals surface area contributed by atoms with E-state index in [2.05, 4.69) is 15.6 Å². The second-order valence-electron chi connectivity index (χ2n) is 6.85. The summed E-state index contributed by atoms with van der Waals surface area (Å²) in [5, 5.41) is 6.19. The van der Waals surface area contributed by atoms with Crippen LogP contribution in [-0.4, -0.2) is 16.7 Å². The van der Waals surface area contributed by atoms with Crippen molar-refractivity contribution in [2.24, 2.45) is 0 Å². The molecule has 27 heavy (non-hydrogen) atoms. The number of allylic oxidation sites excluding steroid dienone is 3. The lowest BCUT2D eigenvalue weighted by Gasteiger charge is -2.34. The Morgan fingerprint density at radius 3 is 2.63 bits per heavy atom. The molecule has 1 aliphatic carbocycles. The maximum atomic E-state index is 13.2. The van der Waals surface area contributed by atoms with Gasteiger partial charge in [-0.2, -0.15) is 0 Å². The summed E-state index contributed by atoms with van der Waals surface area (Å²) < 4.78 is 0. The molecule has 2 aliphatic rings. The molecule has 0 fully saturated rings. The Hall–Kier alpha value is -3.21. The SMILES string of the molecule is CC1=C(C(=O)Nc2ccccn2)C(c2ccccc2)C2=C(CCCC2=O)N1. The van der Waals surface area contributed by atoms with Crippen LogP contribution >= 0.6 is 0 Å². The van der Waals surface area contributed by atoms with Gasteiger partial charge in [0.15, 0.2) is 5.78 Å². The van der Waals surface area contributed by atoms with Crippen LogP contribution in [0.4, 0.5) is 5.82 Å². The number of hydrogen-bond acceptors (Lipinski definition) is 4. The van der Waals surface area contributed by atoms with Crippen LogP contribution in [0.15, 0.2) is 77.3 Å². The molecule has 5 heteroatoms. The lowest BCUT2D eigenvalue weighted by molar-refractivity contribution is -0.116. The van der Waals surface area contributed by atoms with E-state index in [1.807, 2.05) is 43.3 Å². The minimum absolute atomic E-state index is 0.119. The van der Waals surface area contributed by atoms with Crippen LogP contribution in [0.5, 0.6) is 0 Å². The van der Waals surface area contributed by atoms with Gasteiger partial charge < -0.3 is 10.6 Å². The number of benzene rings is 1. The molecule has 1 unspecified atom stereocenters. The molecule has 5 nitrogen and oxygen atoms in total. The van der Waals surface area contributed by atoms with Crippen LogP contribution in [0.25, 0.3) is 0 Å². The Morgan fingerprint density at radius 1 is 1.11 bits per heavy atom. The largest absolute Gasteiger partial charge is 0.362 e. The van der Waals surface area contributed by atoms with Crippen molar-refractivity contribution in [3.05, 3.63) is 82.8 Å². The summed E-state index contributed by atoms with van der Waals surface area (Å²) in [4.78, 5) is 30.1. The van der Waals surface area contributed by atoms with E-state index < -0.39 is 0 Å². The second-order valence-corrected chi connectivity index (χ2v) is 6.85. The van der Waals surface area contributed by atoms with Crippen molar-refractivity contribution in [3.63, 3.8) is 0 Å². The Balaban J connectivity index is 1.78. The summed E-state index contributed by atoms with van der Waals surface area (Å²) >= 11 is 0. The molecular formula is C22H21N3O2. The summed E-state index contributed by atoms with van der Waals surface area (Å²) in [5.74, 6) is 0.00837. The molecule has 0 bridgehead atoms. The number of aromatic nitrogens is 1. The van der Waals surface area contributed by atoms with E-state index >= 15 is 0 Å². The molecule has 1 aromatic carbocycles. The fraction of sp³-hybridized carbons (Fsp3) is 0.227. The molecule has 136 valence electrons. The highest BCUT2D eigenvalue weighted by molar-refractivity contribution is 6.09. The van der Waals surface area contributed by atoms with E-state index in [0.29, 0.717) is 17.8 Å². The molecule has 4 rings (SSSR count). The standard InChI is InChI=1S/C22H21N3O2/c1-14-19(22(27)25-18-12-5-6-13-23-18)20(15-8-3-2-4-9-15)21-16(24-14)10-7-11-17(21)26/h2-6,8-9,12-13,20,24H,7,10-11H2,1H3,(H,23,25,27). The highest BCUT2D eigenvalue weighted by Gasteiger charge is 2.38. The third-order valence-electron chi connectivity index (χ3n) is 5.06. The van der Waals surface area contributed by atoms with Gasteiger partial charge in [0.05, 0.1) is 0 Å². The molecule has 1 amide bonds. The molecule has 1 aromatic heterocycles. The normalized spacial score (nSPS) is 19.4. The van der Waals surface area contributed by atoms with Crippen molar-refractivity contribution in [1.82, 2.24) is 10.3 Å². The minimum Gasteiger partial charge on any atom is -0.362 e. The maximum absolute atomic E-state index is 13.2. The average molecular weight is 359 g/mol. The Kier molecular flexibility index (Phi) is 4.59. The fourth-order valence-electron chi connectivity index (χ4n) is 3.88. The van der Waals surface area contributed by atoms with E-state index in [4.69, 9.17) is 0 Å². The number of anilines is 1. The topological polar surface area (TPSA) is 71.1 Å². The number of amides is 1. The third-order valence-corrected chi connectivity index (χ3v) is 5.06. The van der Waals surface area contributed by atoms with Gasteiger partial charge in [0.25, 0.3) is 5.91 Å². The molecule has 1 aliphatic heterocycles. The number of nitrogens with one attached hydrogen (secondary N) is 2. The van der Waals surface area contributed by atoms with E-state index in [9.17, 15) is 9.59 Å². The number of carbonyl (C=O) groups is 2. The van der Waals surface area contributed by atoms with Crippen LogP contribution in [0.2, 0.25) is 0 Å². The van der Waals surface area contributed by atoms with E-state index in [-0.39, 0.29) is 17.6 Å². The van der Waals surface area contributed by atoms with Crippen molar-refractivity contribution < 1.29 is 9.59 Å². The van der Waals surface area contributed by atoms with E-state index in [0.717, 1.165) is 35.4 Å². The number of nitrogens with zero attached hydrogens (tertiary/aromatic N) is 1. The number of carbonyl (C=O) groups excluding carboxylic acids is 2. The average Bonchev–Trinajstić information content (AvgIpc) is 2.68. The molecule has 2 N–H and O–H groups in total. The van der Waals surface area contributed by atoms with Crippen molar-refractivity contribution in [3.8, 4) is 0 Å². The smallest absolute Gasteiger partial charge is 0.255 e. The molecule has 0 radical (unpaired) electrons. The zero-order valence-electron chi connectivity index (χ0n) is 15.2. The van der Waals surface area contributed by atoms with Crippen molar-refractivity contribution in [1.29, 1.82) is 0 Å². The first-order valence-electron chi connectivity index (χ1n) is 9.16. The van der Waals surface area contributed by atoms with Gasteiger partial charge in [0.1, 0.15) is 5.82 Å². The number of Topliss-reactive ketones (excluding diaryl/α,β-unsaturated/α-hetero) is 1. The Morgan fingerprint density at radius 2 is 1.89 bits per heavy atom. The lowest BCUT2D eigenvalue weighted by Crippen LogP contribution is -2.35. The number of dihydropyridines is 1. The van der Waals surface area contributed by atoms with Gasteiger partial charge in [-0.25, -0.2) is 4.98 Å². The number of pyridine rings is 1. The van der Waals surface area contributed by atoms with E-state index in [1.54, 1.807) is 18.3 Å². The van der Waals surface area contributed by atoms with E-state index in [1.165, 1.54) is 0 Å². The van der Waals surface area contributed by atoms with Crippen LogP contribution in [0.3, 0.4) is 0 Å². The monoisotopic (exact) mass is 359 g/mol. The van der Waals surface area contributed by atoms with Crippen LogP contribution in [0, 0.1) is 0 Å². The third kappa shape index (κ3) is 3.28. The quantitative estimate of drug-likeness (QED) is 0.877. The highest BCUT2D eigenvalue weighted by atomic mass is 16.2. The van der Waals surface area contributed by atoms with Crippen LogP contribution in [-0.2, 0) is 9.59 Å². The summed E-state index contributed by atoms with van der Waals surface area (Å²) in [6.45, 7) is 1.89. The second kappa shape index (κ2) is 7.19. The zero-order valence-corrected chi connectivity index (χ0v) is 15.2. The predicted molar refractivity (Wildman–Crippen MR) is 104 cm³/mol. The first-order valence-corrected chi connectivity index (χ1v) is 9.16. The number of ketones is 1. The number of hydrogen-bond donors (Lipinski definition) is 2. The zero-order chi connectivity index (χ0) is 18.8. The molecule has 0 saturated carbocycles. The first-order chi connectivity index (χ1) is 13.1. The van der Waals surface area contributed by atoms with Gasteiger partial charge in [-0.1, -0.05) is 36.4 Å². The first kappa shape index (κ1) is 17.2. The van der Waals surface area contributed by atoms with Gasteiger partial charge in [-0.15, -0.1) is 0 Å². The Labute approximate surface area is 158 Å². The van der Waals surface area contributed by atoms with Gasteiger partial charge in [-0.05, 0) is 37.5 Å². The summed E-state index contributed by atoms with van der Waals surface area (Å²) in [7, 11) is 0. The maximum Gasteiger partial charge on any atom is 0.255 e. The Bertz CT molecular complexity index is 946. The fourth-order valence-corrected chi connectivity index (χ4v) is 3.88. The van der Waals surface area contributed by atoms with Crippen molar-refractivity contribution in [2.45, 2.75) is 32.1 Å². The minimum atomic E-state index is -0.362. The number of rotatable bonds is 3. The molecular weight excluding hydrogens is 338 g/mol.